The molecule has 3 aromatic heterocycles. The van der Waals surface area contributed by atoms with Gasteiger partial charge in [-0.15, -0.1) is 0 Å². The van der Waals surface area contributed by atoms with Gasteiger partial charge in [-0.3, -0.25) is 0 Å². The Hall–Kier alpha value is -2.97. The zero-order valence-electron chi connectivity index (χ0n) is 16.4. The molecule has 0 aliphatic rings. The molecule has 0 saturated heterocycles. The number of H-pyrrole nitrogens is 1. The van der Waals surface area contributed by atoms with Crippen molar-refractivity contribution in [1.29, 1.82) is 0 Å². The zero-order valence-corrected chi connectivity index (χ0v) is 18.5. The van der Waals surface area contributed by atoms with Crippen LogP contribution in [0.4, 0.5) is 0 Å². The van der Waals surface area contributed by atoms with Gasteiger partial charge in [0.15, 0.2) is 0 Å². The Balaban J connectivity index is 1.56. The van der Waals surface area contributed by atoms with Crippen LogP contribution in [0.5, 0.6) is 5.75 Å². The van der Waals surface area contributed by atoms with Gasteiger partial charge in [-0.1, -0.05) is 0 Å². The normalized spacial score (nSPS) is 11.8. The monoisotopic (exact) mass is 443 g/mol. The molecule has 4 nitrogen and oxygen atoms in total. The van der Waals surface area contributed by atoms with Gasteiger partial charge in [-0.2, -0.15) is 0 Å². The summed E-state index contributed by atoms with van der Waals surface area (Å²) in [6.07, 6.45) is 4.10. The molecule has 0 aliphatic heterocycles. The third-order valence-corrected chi connectivity index (χ3v) is 8.29. The van der Waals surface area contributed by atoms with Crippen molar-refractivity contribution in [2.24, 2.45) is 7.05 Å². The van der Waals surface area contributed by atoms with E-state index in [-0.39, 0.29) is 15.8 Å². The molecule has 29 heavy (non-hydrogen) atoms. The van der Waals surface area contributed by atoms with E-state index in [0.717, 1.165) is 22.3 Å². The van der Waals surface area contributed by atoms with Gasteiger partial charge in [0.2, 0.25) is 0 Å². The van der Waals surface area contributed by atoms with Crippen LogP contribution in [-0.2, 0) is 12.3 Å². The summed E-state index contributed by atoms with van der Waals surface area (Å²) in [4.78, 5) is 8.14. The number of fused-ring (bicyclic) bond motifs is 2. The third-order valence-electron chi connectivity index (χ3n) is 5.34. The molecule has 3 heterocycles. The summed E-state index contributed by atoms with van der Waals surface area (Å²) in [5.41, 5.74) is 5.84. The Morgan fingerprint density at radius 1 is 1.03 bits per heavy atom. The molecular weight excluding hydrogens is 421 g/mol. The number of aryl methyl sites for hydroxylation is 1. The van der Waals surface area contributed by atoms with Crippen molar-refractivity contribution in [2.75, 3.05) is 7.11 Å². The molecule has 1 unspecified atom stereocenters. The quantitative estimate of drug-likeness (QED) is 0.418. The van der Waals surface area contributed by atoms with E-state index >= 15 is 0 Å². The van der Waals surface area contributed by atoms with Gasteiger partial charge in [-0.05, 0) is 0 Å². The van der Waals surface area contributed by atoms with Crippen LogP contribution in [0.1, 0.15) is 5.56 Å². The molecule has 144 valence electrons. The van der Waals surface area contributed by atoms with E-state index < -0.39 is 0 Å². The van der Waals surface area contributed by atoms with Crippen LogP contribution in [0.15, 0.2) is 73.1 Å². The van der Waals surface area contributed by atoms with Crippen molar-refractivity contribution >= 4 is 42.0 Å². The van der Waals surface area contributed by atoms with E-state index in [1.165, 1.54) is 31.8 Å². The average Bonchev–Trinajstić information content (AvgIpc) is 3.34. The minimum absolute atomic E-state index is 0.287. The molecule has 0 aliphatic carbocycles. The van der Waals surface area contributed by atoms with Crippen LogP contribution in [-0.4, -0.2) is 37.4 Å². The number of benzene rings is 2. The Morgan fingerprint density at radius 3 is 2.72 bits per heavy atom. The second-order valence-electron chi connectivity index (χ2n) is 7.18. The van der Waals surface area contributed by atoms with E-state index in [2.05, 4.69) is 82.4 Å². The number of ether oxygens (including phenoxy) is 1. The summed E-state index contributed by atoms with van der Waals surface area (Å²) < 4.78 is 9.05. The van der Waals surface area contributed by atoms with Crippen LogP contribution in [0.3, 0.4) is 0 Å². The maximum absolute atomic E-state index is 5.45. The van der Waals surface area contributed by atoms with Gasteiger partial charge >= 0.3 is 176 Å². The number of rotatable bonds is 5. The van der Waals surface area contributed by atoms with Crippen molar-refractivity contribution < 1.29 is 4.74 Å². The number of methoxy groups -OCH3 is 1. The molecule has 5 heteroatoms. The fourth-order valence-electron chi connectivity index (χ4n) is 3.83. The topological polar surface area (TPSA) is 42.8 Å². The van der Waals surface area contributed by atoms with Crippen LogP contribution < -0.4 is 9.09 Å². The van der Waals surface area contributed by atoms with E-state index in [9.17, 15) is 0 Å². The van der Waals surface area contributed by atoms with Crippen molar-refractivity contribution in [3.8, 4) is 17.0 Å². The Kier molecular flexibility index (Phi) is 4.65. The minimum atomic E-state index is -0.287. The van der Waals surface area contributed by atoms with Crippen LogP contribution in [0.2, 0.25) is 0 Å². The number of hydrogen-bond acceptors (Lipinski definition) is 2. The average molecular weight is 443 g/mol. The third kappa shape index (κ3) is 3.34. The molecule has 0 saturated carbocycles. The van der Waals surface area contributed by atoms with Crippen molar-refractivity contribution in [3.63, 3.8) is 0 Å². The van der Waals surface area contributed by atoms with Crippen LogP contribution in [0, 0.1) is 0 Å². The molecule has 0 fully saturated rings. The molecule has 0 amide bonds. The Morgan fingerprint density at radius 2 is 1.90 bits per heavy atom. The standard InChI is InChI=1S/C24H22AsN3O/c1-28-15-20(18-12-17(29-2)8-9-23(18)28)22-13-19-21(10-11-26-24(19)27-22)25-14-16-6-4-3-5-7-16/h3-13,15,25H,14H2,1-2H3,(H,26,27). The second-order valence-corrected chi connectivity index (χ2v) is 9.79. The molecule has 1 N–H and O–H groups in total. The van der Waals surface area contributed by atoms with E-state index in [1.54, 1.807) is 7.11 Å². The number of nitrogens with one attached hydrogen (secondary N) is 1. The molecule has 5 aromatic rings. The number of aromatic nitrogens is 3. The molecule has 0 bridgehead atoms. The number of aromatic amines is 1. The summed E-state index contributed by atoms with van der Waals surface area (Å²) in [7, 11) is 3.79. The second kappa shape index (κ2) is 7.45. The number of nitrogens with zero attached hydrogens (tertiary/aromatic N) is 2. The maximum atomic E-state index is 5.45. The molecule has 5 rings (SSSR count). The first-order valence-electron chi connectivity index (χ1n) is 9.62. The predicted octanol–water partition coefficient (Wildman–Crippen LogP) is 3.99. The van der Waals surface area contributed by atoms with Crippen LogP contribution >= 0.6 is 0 Å². The molecule has 0 radical (unpaired) electrons. The molecule has 2 aromatic carbocycles. The summed E-state index contributed by atoms with van der Waals surface area (Å²) in [5, 5.41) is 3.57. The van der Waals surface area contributed by atoms with Gasteiger partial charge in [0.05, 0.1) is 0 Å². The van der Waals surface area contributed by atoms with Crippen molar-refractivity contribution in [2.45, 2.75) is 5.21 Å². The summed E-state index contributed by atoms with van der Waals surface area (Å²) in [5.74, 6) is 0.870. The van der Waals surface area contributed by atoms with E-state index in [0.29, 0.717) is 0 Å². The first-order valence-corrected chi connectivity index (χ1v) is 12.1. The fourth-order valence-corrected chi connectivity index (χ4v) is 6.36. The van der Waals surface area contributed by atoms with Gasteiger partial charge < -0.3 is 0 Å². The van der Waals surface area contributed by atoms with E-state index in [1.807, 2.05) is 12.3 Å². The number of pyridine rings is 1. The van der Waals surface area contributed by atoms with Gasteiger partial charge in [0.25, 0.3) is 0 Å². The van der Waals surface area contributed by atoms with Crippen molar-refractivity contribution in [1.82, 2.24) is 14.5 Å². The first kappa shape index (κ1) is 18.1. The fraction of sp³-hybridized carbons (Fsp3) is 0.125. The van der Waals surface area contributed by atoms with Crippen LogP contribution in [0.25, 0.3) is 33.2 Å². The zero-order chi connectivity index (χ0) is 19.8. The Labute approximate surface area is 176 Å². The SMILES string of the molecule is COc1ccc2c(c1)c(-c1cc3c([AsH]Cc4ccccc4)ccnc3[nH]1)cn2C. The van der Waals surface area contributed by atoms with Crippen molar-refractivity contribution in [3.05, 3.63) is 78.6 Å². The molecular formula is C24H22AsN3O. The summed E-state index contributed by atoms with van der Waals surface area (Å²) in [6.45, 7) is 0. The van der Waals surface area contributed by atoms with Gasteiger partial charge in [-0.25, -0.2) is 0 Å². The summed E-state index contributed by atoms with van der Waals surface area (Å²) in [6, 6.07) is 21.4. The predicted molar refractivity (Wildman–Crippen MR) is 121 cm³/mol. The molecule has 0 spiro atoms. The first-order chi connectivity index (χ1) is 14.2. The van der Waals surface area contributed by atoms with Gasteiger partial charge in [0, 0.05) is 0 Å². The van der Waals surface area contributed by atoms with E-state index in [4.69, 9.17) is 4.74 Å². The number of hydrogen-bond donors (Lipinski definition) is 1. The Bertz CT molecular complexity index is 1300. The summed E-state index contributed by atoms with van der Waals surface area (Å²) >= 11 is -0.287. The molecule has 1 atom stereocenters. The van der Waals surface area contributed by atoms with Gasteiger partial charge in [0.1, 0.15) is 0 Å².